The van der Waals surface area contributed by atoms with E-state index in [2.05, 4.69) is 4.98 Å². The van der Waals surface area contributed by atoms with E-state index in [1.165, 1.54) is 0 Å². The van der Waals surface area contributed by atoms with Gasteiger partial charge in [-0.15, -0.1) is 0 Å². The molecule has 0 unspecified atom stereocenters. The zero-order valence-corrected chi connectivity index (χ0v) is 8.78. The lowest BCUT2D eigenvalue weighted by Crippen LogP contribution is -2.13. The molecule has 0 aromatic carbocycles. The van der Waals surface area contributed by atoms with Crippen molar-refractivity contribution in [1.82, 2.24) is 4.98 Å². The molecule has 0 N–H and O–H groups in total. The standard InChI is InChI=1S/C9H4ClF5N2/c10-7-4(1-2-16)3-5(8(11)12)6(17-7)9(13,14)15/h3,8H,1H2. The molecule has 8 heteroatoms. The fourth-order valence-electron chi connectivity index (χ4n) is 1.15. The predicted molar refractivity (Wildman–Crippen MR) is 48.5 cm³/mol. The van der Waals surface area contributed by atoms with Crippen LogP contribution in [0.1, 0.15) is 23.2 Å². The van der Waals surface area contributed by atoms with Crippen LogP contribution in [0.4, 0.5) is 22.0 Å². The summed E-state index contributed by atoms with van der Waals surface area (Å²) >= 11 is 5.38. The molecule has 0 amide bonds. The highest BCUT2D eigenvalue weighted by Gasteiger charge is 2.38. The van der Waals surface area contributed by atoms with Crippen molar-refractivity contribution < 1.29 is 22.0 Å². The maximum absolute atomic E-state index is 12.4. The Labute approximate surface area is 97.6 Å². The van der Waals surface area contributed by atoms with Gasteiger partial charge in [0.25, 0.3) is 6.43 Å². The van der Waals surface area contributed by atoms with Gasteiger partial charge in [0.05, 0.1) is 12.5 Å². The van der Waals surface area contributed by atoms with E-state index in [0.29, 0.717) is 6.07 Å². The lowest BCUT2D eigenvalue weighted by molar-refractivity contribution is -0.143. The van der Waals surface area contributed by atoms with Crippen molar-refractivity contribution in [1.29, 1.82) is 5.26 Å². The first-order chi connectivity index (χ1) is 7.77. The molecule has 0 atom stereocenters. The molecule has 17 heavy (non-hydrogen) atoms. The molecule has 1 aromatic heterocycles. The van der Waals surface area contributed by atoms with E-state index in [1.54, 1.807) is 6.07 Å². The van der Waals surface area contributed by atoms with Crippen molar-refractivity contribution in [2.75, 3.05) is 0 Å². The Morgan fingerprint density at radius 1 is 1.41 bits per heavy atom. The highest BCUT2D eigenvalue weighted by atomic mass is 35.5. The monoisotopic (exact) mass is 270 g/mol. The highest BCUT2D eigenvalue weighted by molar-refractivity contribution is 6.30. The van der Waals surface area contributed by atoms with Crippen molar-refractivity contribution in [3.8, 4) is 6.07 Å². The summed E-state index contributed by atoms with van der Waals surface area (Å²) in [5.74, 6) is 0. The minimum Gasteiger partial charge on any atom is -0.231 e. The van der Waals surface area contributed by atoms with E-state index in [1.807, 2.05) is 0 Å². The molecular weight excluding hydrogens is 267 g/mol. The van der Waals surface area contributed by atoms with Crippen LogP contribution in [0.25, 0.3) is 0 Å². The van der Waals surface area contributed by atoms with Gasteiger partial charge in [0.1, 0.15) is 5.15 Å². The number of rotatable bonds is 2. The topological polar surface area (TPSA) is 36.7 Å². The Hall–Kier alpha value is -1.42. The van der Waals surface area contributed by atoms with Gasteiger partial charge in [0.2, 0.25) is 0 Å². The smallest absolute Gasteiger partial charge is 0.231 e. The molecule has 0 spiro atoms. The van der Waals surface area contributed by atoms with Crippen LogP contribution in [0.5, 0.6) is 0 Å². The van der Waals surface area contributed by atoms with Gasteiger partial charge in [-0.1, -0.05) is 11.6 Å². The molecule has 0 bridgehead atoms. The number of halogens is 6. The zero-order valence-electron chi connectivity index (χ0n) is 8.02. The van der Waals surface area contributed by atoms with Crippen LogP contribution < -0.4 is 0 Å². The summed E-state index contributed by atoms with van der Waals surface area (Å²) in [7, 11) is 0. The van der Waals surface area contributed by atoms with Crippen LogP contribution in [0.2, 0.25) is 5.15 Å². The van der Waals surface area contributed by atoms with Crippen LogP contribution in [-0.4, -0.2) is 4.98 Å². The van der Waals surface area contributed by atoms with Gasteiger partial charge in [0, 0.05) is 11.1 Å². The van der Waals surface area contributed by atoms with Crippen LogP contribution in [-0.2, 0) is 12.6 Å². The summed E-state index contributed by atoms with van der Waals surface area (Å²) in [6.45, 7) is 0. The van der Waals surface area contributed by atoms with Crippen molar-refractivity contribution in [3.63, 3.8) is 0 Å². The fraction of sp³-hybridized carbons (Fsp3) is 0.333. The Morgan fingerprint density at radius 3 is 2.41 bits per heavy atom. The molecule has 0 radical (unpaired) electrons. The van der Waals surface area contributed by atoms with Gasteiger partial charge < -0.3 is 0 Å². The second kappa shape index (κ2) is 4.84. The summed E-state index contributed by atoms with van der Waals surface area (Å²) in [6, 6.07) is 2.16. The number of alkyl halides is 5. The first kappa shape index (κ1) is 13.6. The Balaban J connectivity index is 3.42. The molecule has 92 valence electrons. The normalized spacial score (nSPS) is 11.6. The minimum absolute atomic E-state index is 0.155. The number of nitrogens with zero attached hydrogens (tertiary/aromatic N) is 2. The van der Waals surface area contributed by atoms with E-state index in [4.69, 9.17) is 16.9 Å². The molecule has 0 fully saturated rings. The minimum atomic E-state index is -5.01. The molecule has 0 saturated heterocycles. The number of hydrogen-bond acceptors (Lipinski definition) is 2. The molecule has 0 aliphatic heterocycles. The van der Waals surface area contributed by atoms with E-state index in [0.717, 1.165) is 0 Å². The van der Waals surface area contributed by atoms with Gasteiger partial charge in [-0.25, -0.2) is 13.8 Å². The maximum atomic E-state index is 12.4. The summed E-state index contributed by atoms with van der Waals surface area (Å²) in [5, 5.41) is 7.76. The average Bonchev–Trinajstić information content (AvgIpc) is 2.19. The molecule has 1 rings (SSSR count). The van der Waals surface area contributed by atoms with Crippen LogP contribution in [0, 0.1) is 11.3 Å². The molecular formula is C9H4ClF5N2. The maximum Gasteiger partial charge on any atom is 0.433 e. The first-order valence-corrected chi connectivity index (χ1v) is 4.56. The predicted octanol–water partition coefficient (Wildman–Crippen LogP) is 3.76. The quantitative estimate of drug-likeness (QED) is 0.606. The van der Waals surface area contributed by atoms with E-state index in [-0.39, 0.29) is 12.0 Å². The fourth-order valence-corrected chi connectivity index (χ4v) is 1.36. The van der Waals surface area contributed by atoms with E-state index < -0.39 is 29.0 Å². The Kier molecular flexibility index (Phi) is 3.88. The number of hydrogen-bond donors (Lipinski definition) is 0. The molecule has 1 heterocycles. The molecule has 0 saturated carbocycles. The van der Waals surface area contributed by atoms with Gasteiger partial charge in [0.15, 0.2) is 5.69 Å². The average molecular weight is 271 g/mol. The van der Waals surface area contributed by atoms with Gasteiger partial charge in [-0.05, 0) is 6.07 Å². The van der Waals surface area contributed by atoms with Crippen molar-refractivity contribution in [2.24, 2.45) is 0 Å². The second-order valence-corrected chi connectivity index (χ2v) is 3.37. The van der Waals surface area contributed by atoms with Crippen molar-refractivity contribution in [3.05, 3.63) is 28.0 Å². The molecule has 0 aliphatic rings. The van der Waals surface area contributed by atoms with E-state index in [9.17, 15) is 22.0 Å². The van der Waals surface area contributed by atoms with Gasteiger partial charge in [-0.2, -0.15) is 18.4 Å². The highest BCUT2D eigenvalue weighted by Crippen LogP contribution is 2.36. The van der Waals surface area contributed by atoms with Crippen LogP contribution in [0.15, 0.2) is 6.07 Å². The third kappa shape index (κ3) is 3.03. The van der Waals surface area contributed by atoms with Crippen LogP contribution >= 0.6 is 11.6 Å². The van der Waals surface area contributed by atoms with Gasteiger partial charge in [-0.3, -0.25) is 0 Å². The lowest BCUT2D eigenvalue weighted by Gasteiger charge is -2.13. The number of nitriles is 1. The van der Waals surface area contributed by atoms with Crippen molar-refractivity contribution >= 4 is 11.6 Å². The molecule has 1 aromatic rings. The molecule has 0 aliphatic carbocycles. The summed E-state index contributed by atoms with van der Waals surface area (Å²) in [4.78, 5) is 2.89. The second-order valence-electron chi connectivity index (χ2n) is 3.01. The Bertz CT molecular complexity index is 464. The summed E-state index contributed by atoms with van der Waals surface area (Å²) < 4.78 is 62.0. The number of aromatic nitrogens is 1. The first-order valence-electron chi connectivity index (χ1n) is 4.19. The molecule has 2 nitrogen and oxygen atoms in total. The number of pyridine rings is 1. The van der Waals surface area contributed by atoms with Crippen molar-refractivity contribution in [2.45, 2.75) is 19.0 Å². The zero-order chi connectivity index (χ0) is 13.2. The third-order valence-corrected chi connectivity index (χ3v) is 2.18. The SMILES string of the molecule is N#CCc1cc(C(F)F)c(C(F)(F)F)nc1Cl. The lowest BCUT2D eigenvalue weighted by atomic mass is 10.1. The van der Waals surface area contributed by atoms with Crippen LogP contribution in [0.3, 0.4) is 0 Å². The Morgan fingerprint density at radius 2 is 2.00 bits per heavy atom. The summed E-state index contributed by atoms with van der Waals surface area (Å²) in [5.41, 5.74) is -3.15. The largest absolute Gasteiger partial charge is 0.433 e. The van der Waals surface area contributed by atoms with Gasteiger partial charge >= 0.3 is 6.18 Å². The summed E-state index contributed by atoms with van der Waals surface area (Å²) in [6.07, 6.45) is -8.74. The third-order valence-electron chi connectivity index (χ3n) is 1.85. The van der Waals surface area contributed by atoms with E-state index >= 15 is 0 Å².